The van der Waals surface area contributed by atoms with E-state index in [1.807, 2.05) is 30.3 Å². The van der Waals surface area contributed by atoms with Gasteiger partial charge >= 0.3 is 0 Å². The van der Waals surface area contributed by atoms with Gasteiger partial charge < -0.3 is 5.11 Å². The first-order valence-electron chi connectivity index (χ1n) is 6.79. The Morgan fingerprint density at radius 2 is 1.94 bits per heavy atom. The molecular formula is C16H21NO. The summed E-state index contributed by atoms with van der Waals surface area (Å²) in [6, 6.07) is 12.4. The van der Waals surface area contributed by atoms with Crippen molar-refractivity contribution in [3.8, 4) is 6.07 Å². The van der Waals surface area contributed by atoms with Gasteiger partial charge in [-0.15, -0.1) is 0 Å². The number of hydrogen-bond donors (Lipinski definition) is 1. The molecule has 2 nitrogen and oxygen atoms in total. The summed E-state index contributed by atoms with van der Waals surface area (Å²) in [5, 5.41) is 19.9. The zero-order valence-electron chi connectivity index (χ0n) is 11.0. The van der Waals surface area contributed by atoms with Crippen LogP contribution in [0.4, 0.5) is 0 Å². The van der Waals surface area contributed by atoms with Crippen molar-refractivity contribution in [3.63, 3.8) is 0 Å². The summed E-state index contributed by atoms with van der Waals surface area (Å²) in [6.07, 6.45) is 3.82. The van der Waals surface area contributed by atoms with E-state index < -0.39 is 11.5 Å². The molecule has 1 N–H and O–H groups in total. The third kappa shape index (κ3) is 2.73. The Hall–Kier alpha value is -1.33. The van der Waals surface area contributed by atoms with Gasteiger partial charge in [-0.1, -0.05) is 37.3 Å². The van der Waals surface area contributed by atoms with Gasteiger partial charge in [-0.3, -0.25) is 0 Å². The molecule has 0 radical (unpaired) electrons. The van der Waals surface area contributed by atoms with Crippen molar-refractivity contribution in [1.29, 1.82) is 5.26 Å². The van der Waals surface area contributed by atoms with Crippen molar-refractivity contribution in [2.45, 2.75) is 45.1 Å². The molecule has 96 valence electrons. The lowest BCUT2D eigenvalue weighted by atomic mass is 9.67. The van der Waals surface area contributed by atoms with Gasteiger partial charge in [0.2, 0.25) is 0 Å². The standard InChI is InChI=1S/C16H21NO/c1-13-7-9-16(12-17,10-8-13)15(18)11-14-5-3-2-4-6-14/h2-6,13,15,18H,7-11H2,1H3. The quantitative estimate of drug-likeness (QED) is 0.885. The fourth-order valence-corrected chi connectivity index (χ4v) is 2.83. The van der Waals surface area contributed by atoms with Crippen LogP contribution in [0.15, 0.2) is 30.3 Å². The van der Waals surface area contributed by atoms with Gasteiger partial charge in [-0.2, -0.15) is 5.26 Å². The van der Waals surface area contributed by atoms with Crippen molar-refractivity contribution in [2.24, 2.45) is 11.3 Å². The molecule has 1 unspecified atom stereocenters. The molecule has 0 heterocycles. The van der Waals surface area contributed by atoms with E-state index >= 15 is 0 Å². The Bertz CT molecular complexity index is 412. The summed E-state index contributed by atoms with van der Waals surface area (Å²) in [5.41, 5.74) is 0.584. The Morgan fingerprint density at radius 3 is 2.50 bits per heavy atom. The lowest BCUT2D eigenvalue weighted by molar-refractivity contribution is 0.0284. The van der Waals surface area contributed by atoms with Gasteiger partial charge in [-0.05, 0) is 43.6 Å². The number of nitriles is 1. The minimum atomic E-state index is -0.544. The molecule has 1 aliphatic rings. The Balaban J connectivity index is 2.07. The first kappa shape index (κ1) is 13.1. The molecule has 1 saturated carbocycles. The van der Waals surface area contributed by atoms with Crippen LogP contribution in [0.5, 0.6) is 0 Å². The maximum atomic E-state index is 10.4. The Labute approximate surface area is 109 Å². The van der Waals surface area contributed by atoms with Crippen LogP contribution in [0.1, 0.15) is 38.2 Å². The van der Waals surface area contributed by atoms with Crippen LogP contribution in [-0.2, 0) is 6.42 Å². The highest BCUT2D eigenvalue weighted by molar-refractivity contribution is 5.18. The SMILES string of the molecule is CC1CCC(C#N)(C(O)Cc2ccccc2)CC1. The zero-order valence-corrected chi connectivity index (χ0v) is 11.0. The number of aliphatic hydroxyl groups excluding tert-OH is 1. The minimum Gasteiger partial charge on any atom is -0.391 e. The molecule has 0 aliphatic heterocycles. The number of rotatable bonds is 3. The van der Waals surface area contributed by atoms with Crippen molar-refractivity contribution >= 4 is 0 Å². The molecule has 1 aliphatic carbocycles. The Morgan fingerprint density at radius 1 is 1.33 bits per heavy atom. The van der Waals surface area contributed by atoms with Crippen LogP contribution in [-0.4, -0.2) is 11.2 Å². The van der Waals surface area contributed by atoms with E-state index in [4.69, 9.17) is 0 Å². The van der Waals surface area contributed by atoms with E-state index in [2.05, 4.69) is 13.0 Å². The first-order chi connectivity index (χ1) is 8.66. The van der Waals surface area contributed by atoms with Gasteiger partial charge in [0.25, 0.3) is 0 Å². The predicted molar refractivity (Wildman–Crippen MR) is 71.8 cm³/mol. The van der Waals surface area contributed by atoms with E-state index in [1.165, 1.54) is 0 Å². The van der Waals surface area contributed by atoms with Crippen LogP contribution in [0.25, 0.3) is 0 Å². The van der Waals surface area contributed by atoms with Crippen molar-refractivity contribution < 1.29 is 5.11 Å². The molecule has 0 spiro atoms. The topological polar surface area (TPSA) is 44.0 Å². The van der Waals surface area contributed by atoms with Gasteiger partial charge in [0, 0.05) is 0 Å². The minimum absolute atomic E-state index is 0.525. The van der Waals surface area contributed by atoms with Crippen LogP contribution < -0.4 is 0 Å². The van der Waals surface area contributed by atoms with Crippen LogP contribution >= 0.6 is 0 Å². The molecule has 1 aromatic rings. The van der Waals surface area contributed by atoms with E-state index in [0.717, 1.165) is 31.2 Å². The molecule has 1 atom stereocenters. The maximum Gasteiger partial charge on any atom is 0.0835 e. The summed E-state index contributed by atoms with van der Waals surface area (Å²) < 4.78 is 0. The van der Waals surface area contributed by atoms with Gasteiger partial charge in [0.05, 0.1) is 17.6 Å². The molecule has 0 bridgehead atoms. The van der Waals surface area contributed by atoms with Crippen LogP contribution in [0.3, 0.4) is 0 Å². The highest BCUT2D eigenvalue weighted by Crippen LogP contribution is 2.41. The average molecular weight is 243 g/mol. The molecule has 1 aromatic carbocycles. The molecule has 0 amide bonds. The van der Waals surface area contributed by atoms with E-state index in [9.17, 15) is 10.4 Å². The summed E-state index contributed by atoms with van der Waals surface area (Å²) >= 11 is 0. The normalized spacial score (nSPS) is 29.5. The van der Waals surface area contributed by atoms with Gasteiger partial charge in [0.1, 0.15) is 0 Å². The lowest BCUT2D eigenvalue weighted by Gasteiger charge is -2.37. The fraction of sp³-hybridized carbons (Fsp3) is 0.562. The third-order valence-corrected chi connectivity index (χ3v) is 4.30. The second kappa shape index (κ2) is 5.54. The second-order valence-corrected chi connectivity index (χ2v) is 5.66. The highest BCUT2D eigenvalue weighted by atomic mass is 16.3. The zero-order chi connectivity index (χ0) is 13.0. The Kier molecular flexibility index (Phi) is 4.04. The van der Waals surface area contributed by atoms with E-state index in [0.29, 0.717) is 12.3 Å². The smallest absolute Gasteiger partial charge is 0.0835 e. The summed E-state index contributed by atoms with van der Waals surface area (Å²) in [5.74, 6) is 0.690. The van der Waals surface area contributed by atoms with Crippen LogP contribution in [0, 0.1) is 22.7 Å². The van der Waals surface area contributed by atoms with E-state index in [1.54, 1.807) is 0 Å². The summed E-state index contributed by atoms with van der Waals surface area (Å²) in [7, 11) is 0. The lowest BCUT2D eigenvalue weighted by Crippen LogP contribution is -2.38. The third-order valence-electron chi connectivity index (χ3n) is 4.30. The molecule has 2 rings (SSSR count). The molecule has 0 aromatic heterocycles. The largest absolute Gasteiger partial charge is 0.391 e. The molecule has 0 saturated heterocycles. The maximum absolute atomic E-state index is 10.4. The molecule has 18 heavy (non-hydrogen) atoms. The second-order valence-electron chi connectivity index (χ2n) is 5.66. The van der Waals surface area contributed by atoms with Gasteiger partial charge in [-0.25, -0.2) is 0 Å². The molecule has 2 heteroatoms. The molecular weight excluding hydrogens is 222 g/mol. The first-order valence-corrected chi connectivity index (χ1v) is 6.79. The predicted octanol–water partition coefficient (Wildman–Crippen LogP) is 3.31. The number of nitrogens with zero attached hydrogens (tertiary/aromatic N) is 1. The average Bonchev–Trinajstić information content (AvgIpc) is 2.41. The fourth-order valence-electron chi connectivity index (χ4n) is 2.83. The summed E-state index contributed by atoms with van der Waals surface area (Å²) in [6.45, 7) is 2.23. The highest BCUT2D eigenvalue weighted by Gasteiger charge is 2.40. The van der Waals surface area contributed by atoms with Crippen LogP contribution in [0.2, 0.25) is 0 Å². The number of hydrogen-bond acceptors (Lipinski definition) is 2. The van der Waals surface area contributed by atoms with Crippen molar-refractivity contribution in [2.75, 3.05) is 0 Å². The summed E-state index contributed by atoms with van der Waals surface area (Å²) in [4.78, 5) is 0. The van der Waals surface area contributed by atoms with Crippen molar-refractivity contribution in [3.05, 3.63) is 35.9 Å². The van der Waals surface area contributed by atoms with E-state index in [-0.39, 0.29) is 0 Å². The number of aliphatic hydroxyl groups is 1. The molecule has 1 fully saturated rings. The monoisotopic (exact) mass is 243 g/mol. The number of benzene rings is 1. The van der Waals surface area contributed by atoms with Gasteiger partial charge in [0.15, 0.2) is 0 Å². The van der Waals surface area contributed by atoms with Crippen molar-refractivity contribution in [1.82, 2.24) is 0 Å².